The number of para-hydroxylation sites is 1. The van der Waals surface area contributed by atoms with Crippen LogP contribution in [0.15, 0.2) is 41.2 Å². The van der Waals surface area contributed by atoms with E-state index >= 15 is 0 Å². The number of hydrogen-bond acceptors (Lipinski definition) is 4. The first-order chi connectivity index (χ1) is 10.5. The summed E-state index contributed by atoms with van der Waals surface area (Å²) in [6, 6.07) is 10.7. The summed E-state index contributed by atoms with van der Waals surface area (Å²) in [5, 5.41) is 3.98. The lowest BCUT2D eigenvalue weighted by molar-refractivity contribution is 0.0722. The van der Waals surface area contributed by atoms with E-state index in [0.29, 0.717) is 6.54 Å². The standard InChI is InChI=1S/C16H17N3O3/c1-18(16(21)13-7-8-15(20)19(2)17-13)10-12-9-11-5-3-4-6-14(11)22-12/h3-8,12H,9-10H2,1-2H3/t12-/m0/s1. The third-order valence-electron chi connectivity index (χ3n) is 3.72. The minimum absolute atomic E-state index is 0.0566. The largest absolute Gasteiger partial charge is 0.488 e. The molecule has 22 heavy (non-hydrogen) atoms. The van der Waals surface area contributed by atoms with Gasteiger partial charge in [-0.05, 0) is 17.7 Å². The minimum Gasteiger partial charge on any atom is -0.488 e. The Morgan fingerprint density at radius 2 is 2.14 bits per heavy atom. The first kappa shape index (κ1) is 14.3. The quantitative estimate of drug-likeness (QED) is 0.843. The number of carbonyl (C=O) groups is 1. The Kier molecular flexibility index (Phi) is 3.66. The van der Waals surface area contributed by atoms with Gasteiger partial charge in [0, 0.05) is 26.6 Å². The molecule has 1 aromatic heterocycles. The highest BCUT2D eigenvalue weighted by Crippen LogP contribution is 2.28. The van der Waals surface area contributed by atoms with Crippen LogP contribution in [0.2, 0.25) is 0 Å². The molecule has 3 rings (SSSR count). The van der Waals surface area contributed by atoms with Crippen molar-refractivity contribution >= 4 is 5.91 Å². The van der Waals surface area contributed by atoms with Crippen molar-refractivity contribution in [3.05, 3.63) is 58.0 Å². The number of aryl methyl sites for hydroxylation is 1. The van der Waals surface area contributed by atoms with Crippen LogP contribution >= 0.6 is 0 Å². The van der Waals surface area contributed by atoms with E-state index in [-0.39, 0.29) is 23.3 Å². The van der Waals surface area contributed by atoms with E-state index in [0.717, 1.165) is 22.4 Å². The van der Waals surface area contributed by atoms with Crippen LogP contribution in [0.1, 0.15) is 16.1 Å². The molecule has 6 heteroatoms. The second-order valence-electron chi connectivity index (χ2n) is 5.42. The lowest BCUT2D eigenvalue weighted by Crippen LogP contribution is -2.37. The number of fused-ring (bicyclic) bond motifs is 1. The Balaban J connectivity index is 1.67. The molecule has 0 radical (unpaired) electrons. The first-order valence-electron chi connectivity index (χ1n) is 7.09. The van der Waals surface area contributed by atoms with Gasteiger partial charge < -0.3 is 9.64 Å². The molecule has 0 N–H and O–H groups in total. The molecule has 1 atom stereocenters. The van der Waals surface area contributed by atoms with Gasteiger partial charge in [0.2, 0.25) is 0 Å². The fourth-order valence-corrected chi connectivity index (χ4v) is 2.56. The number of likely N-dealkylation sites (N-methyl/N-ethyl adjacent to an activating group) is 1. The Bertz CT molecular complexity index is 744. The second kappa shape index (κ2) is 5.63. The minimum atomic E-state index is -0.242. The van der Waals surface area contributed by atoms with Crippen LogP contribution in [0.25, 0.3) is 0 Å². The summed E-state index contributed by atoms with van der Waals surface area (Å²) in [4.78, 5) is 25.3. The maximum absolute atomic E-state index is 12.4. The summed E-state index contributed by atoms with van der Waals surface area (Å²) in [6.45, 7) is 0.470. The summed E-state index contributed by atoms with van der Waals surface area (Å²) in [7, 11) is 3.23. The number of ether oxygens (including phenoxy) is 1. The highest BCUT2D eigenvalue weighted by atomic mass is 16.5. The van der Waals surface area contributed by atoms with Crippen LogP contribution in [-0.4, -0.2) is 40.3 Å². The van der Waals surface area contributed by atoms with Gasteiger partial charge in [0.1, 0.15) is 17.5 Å². The van der Waals surface area contributed by atoms with Crippen molar-refractivity contribution in [3.63, 3.8) is 0 Å². The number of rotatable bonds is 3. The molecule has 2 heterocycles. The number of carbonyl (C=O) groups excluding carboxylic acids is 1. The molecule has 0 aliphatic carbocycles. The molecule has 0 bridgehead atoms. The van der Waals surface area contributed by atoms with Crippen molar-refractivity contribution in [3.8, 4) is 5.75 Å². The molecular formula is C16H17N3O3. The number of hydrogen-bond donors (Lipinski definition) is 0. The van der Waals surface area contributed by atoms with E-state index in [9.17, 15) is 9.59 Å². The van der Waals surface area contributed by atoms with Gasteiger partial charge in [-0.1, -0.05) is 18.2 Å². The maximum Gasteiger partial charge on any atom is 0.274 e. The van der Waals surface area contributed by atoms with Gasteiger partial charge in [0.25, 0.3) is 11.5 Å². The van der Waals surface area contributed by atoms with E-state index in [2.05, 4.69) is 5.10 Å². The molecule has 6 nitrogen and oxygen atoms in total. The fourth-order valence-electron chi connectivity index (χ4n) is 2.56. The van der Waals surface area contributed by atoms with E-state index in [4.69, 9.17) is 4.74 Å². The van der Waals surface area contributed by atoms with Crippen molar-refractivity contribution in [1.82, 2.24) is 14.7 Å². The van der Waals surface area contributed by atoms with Crippen molar-refractivity contribution in [1.29, 1.82) is 0 Å². The van der Waals surface area contributed by atoms with Gasteiger partial charge in [-0.15, -0.1) is 0 Å². The van der Waals surface area contributed by atoms with Gasteiger partial charge in [-0.3, -0.25) is 9.59 Å². The summed E-state index contributed by atoms with van der Waals surface area (Å²) < 4.78 is 6.99. The Morgan fingerprint density at radius 1 is 1.36 bits per heavy atom. The number of aromatic nitrogens is 2. The van der Waals surface area contributed by atoms with Crippen molar-refractivity contribution in [2.24, 2.45) is 7.05 Å². The average Bonchev–Trinajstić information content (AvgIpc) is 2.91. The SMILES string of the molecule is CN(C[C@@H]1Cc2ccccc2O1)C(=O)c1ccc(=O)n(C)n1. The lowest BCUT2D eigenvalue weighted by Gasteiger charge is -2.20. The number of nitrogens with zero attached hydrogens (tertiary/aromatic N) is 3. The monoisotopic (exact) mass is 299 g/mol. The second-order valence-corrected chi connectivity index (χ2v) is 5.42. The van der Waals surface area contributed by atoms with Crippen LogP contribution in [0.4, 0.5) is 0 Å². The van der Waals surface area contributed by atoms with E-state index in [1.165, 1.54) is 19.2 Å². The van der Waals surface area contributed by atoms with E-state index in [1.807, 2.05) is 24.3 Å². The molecule has 1 aliphatic heterocycles. The lowest BCUT2D eigenvalue weighted by atomic mass is 10.1. The zero-order valence-electron chi connectivity index (χ0n) is 12.5. The molecule has 1 aliphatic rings. The first-order valence-corrected chi connectivity index (χ1v) is 7.09. The van der Waals surface area contributed by atoms with Gasteiger partial charge in [0.05, 0.1) is 6.54 Å². The molecule has 0 saturated carbocycles. The van der Waals surface area contributed by atoms with Gasteiger partial charge >= 0.3 is 0 Å². The number of benzene rings is 1. The van der Waals surface area contributed by atoms with Crippen molar-refractivity contribution in [2.45, 2.75) is 12.5 Å². The molecule has 0 unspecified atom stereocenters. The smallest absolute Gasteiger partial charge is 0.274 e. The van der Waals surface area contributed by atoms with Gasteiger partial charge in [-0.2, -0.15) is 5.10 Å². The highest BCUT2D eigenvalue weighted by molar-refractivity contribution is 5.91. The number of amides is 1. The van der Waals surface area contributed by atoms with Crippen molar-refractivity contribution < 1.29 is 9.53 Å². The van der Waals surface area contributed by atoms with Crippen LogP contribution in [0.3, 0.4) is 0 Å². The summed E-state index contributed by atoms with van der Waals surface area (Å²) in [5.41, 5.74) is 1.17. The molecule has 1 amide bonds. The van der Waals surface area contributed by atoms with Crippen LogP contribution in [0, 0.1) is 0 Å². The van der Waals surface area contributed by atoms with Crippen LogP contribution < -0.4 is 10.3 Å². The molecular weight excluding hydrogens is 282 g/mol. The predicted molar refractivity (Wildman–Crippen MR) is 81.0 cm³/mol. The molecule has 0 saturated heterocycles. The normalized spacial score (nSPS) is 16.0. The Labute approximate surface area is 127 Å². The average molecular weight is 299 g/mol. The molecule has 0 fully saturated rings. The fraction of sp³-hybridized carbons (Fsp3) is 0.312. The van der Waals surface area contributed by atoms with E-state index < -0.39 is 0 Å². The Morgan fingerprint density at radius 3 is 2.86 bits per heavy atom. The van der Waals surface area contributed by atoms with E-state index in [1.54, 1.807) is 11.9 Å². The predicted octanol–water partition coefficient (Wildman–Crippen LogP) is 0.856. The highest BCUT2D eigenvalue weighted by Gasteiger charge is 2.25. The maximum atomic E-state index is 12.4. The van der Waals surface area contributed by atoms with Crippen LogP contribution in [-0.2, 0) is 13.5 Å². The third kappa shape index (κ3) is 2.72. The molecule has 0 spiro atoms. The molecule has 114 valence electrons. The summed E-state index contributed by atoms with van der Waals surface area (Å²) in [6.07, 6.45) is 0.730. The molecule has 1 aromatic carbocycles. The van der Waals surface area contributed by atoms with Crippen LogP contribution in [0.5, 0.6) is 5.75 Å². The zero-order valence-corrected chi connectivity index (χ0v) is 12.5. The molecule has 2 aromatic rings. The third-order valence-corrected chi connectivity index (χ3v) is 3.72. The van der Waals surface area contributed by atoms with Crippen molar-refractivity contribution in [2.75, 3.05) is 13.6 Å². The summed E-state index contributed by atoms with van der Waals surface area (Å²) >= 11 is 0. The van der Waals surface area contributed by atoms with Gasteiger partial charge in [0.15, 0.2) is 0 Å². The zero-order chi connectivity index (χ0) is 15.7. The topological polar surface area (TPSA) is 64.4 Å². The Hall–Kier alpha value is -2.63. The summed E-state index contributed by atoms with van der Waals surface area (Å²) in [5.74, 6) is 0.656. The van der Waals surface area contributed by atoms with Gasteiger partial charge in [-0.25, -0.2) is 4.68 Å².